The molecule has 102 valence electrons. The molecule has 2 aromatic rings. The summed E-state index contributed by atoms with van der Waals surface area (Å²) in [5.41, 5.74) is 7.29. The highest BCUT2D eigenvalue weighted by molar-refractivity contribution is 5.92. The number of amides is 1. The van der Waals surface area contributed by atoms with Crippen molar-refractivity contribution in [3.63, 3.8) is 0 Å². The van der Waals surface area contributed by atoms with Crippen LogP contribution in [0.25, 0.3) is 0 Å². The molecule has 0 aromatic carbocycles. The Bertz CT molecular complexity index is 674. The second-order valence-electron chi connectivity index (χ2n) is 4.67. The largest absolute Gasteiger partial charge is 0.366 e. The molecule has 3 rings (SSSR count). The average Bonchev–Trinajstić information content (AvgIpc) is 2.46. The normalized spacial score (nSPS) is 13.9. The van der Waals surface area contributed by atoms with Gasteiger partial charge in [-0.2, -0.15) is 0 Å². The fourth-order valence-corrected chi connectivity index (χ4v) is 2.34. The third-order valence-electron chi connectivity index (χ3n) is 3.37. The predicted octanol–water partition coefficient (Wildman–Crippen LogP) is 1.28. The highest BCUT2D eigenvalue weighted by Crippen LogP contribution is 2.24. The van der Waals surface area contributed by atoms with Gasteiger partial charge in [0.15, 0.2) is 11.6 Å². The number of pyridine rings is 2. The van der Waals surface area contributed by atoms with Gasteiger partial charge < -0.3 is 10.6 Å². The molecule has 2 aromatic heterocycles. The van der Waals surface area contributed by atoms with E-state index in [2.05, 4.69) is 9.97 Å². The van der Waals surface area contributed by atoms with Crippen LogP contribution in [0.4, 0.5) is 10.2 Å². The van der Waals surface area contributed by atoms with E-state index in [0.29, 0.717) is 13.1 Å². The van der Waals surface area contributed by atoms with Crippen LogP contribution in [0.3, 0.4) is 0 Å². The van der Waals surface area contributed by atoms with Gasteiger partial charge in [0.1, 0.15) is 0 Å². The monoisotopic (exact) mass is 272 g/mol. The minimum atomic E-state index is -0.684. The lowest BCUT2D eigenvalue weighted by molar-refractivity contribution is 0.0999. The first-order valence-electron chi connectivity index (χ1n) is 6.28. The van der Waals surface area contributed by atoms with Crippen LogP contribution < -0.4 is 10.6 Å². The Kier molecular flexibility index (Phi) is 3.06. The van der Waals surface area contributed by atoms with Crippen molar-refractivity contribution in [3.8, 4) is 0 Å². The summed E-state index contributed by atoms with van der Waals surface area (Å²) in [6.45, 7) is 1.20. The molecule has 2 N–H and O–H groups in total. The summed E-state index contributed by atoms with van der Waals surface area (Å²) in [5.74, 6) is -0.978. The highest BCUT2D eigenvalue weighted by Gasteiger charge is 2.21. The van der Waals surface area contributed by atoms with Crippen molar-refractivity contribution in [1.82, 2.24) is 9.97 Å². The van der Waals surface area contributed by atoms with Crippen LogP contribution in [0.1, 0.15) is 21.6 Å². The Morgan fingerprint density at radius 1 is 1.40 bits per heavy atom. The van der Waals surface area contributed by atoms with E-state index in [4.69, 9.17) is 5.73 Å². The van der Waals surface area contributed by atoms with E-state index in [0.717, 1.165) is 23.7 Å². The molecule has 20 heavy (non-hydrogen) atoms. The molecular formula is C14H13FN4O. The summed E-state index contributed by atoms with van der Waals surface area (Å²) in [4.78, 5) is 21.2. The summed E-state index contributed by atoms with van der Waals surface area (Å²) in [6.07, 6.45) is 3.81. The van der Waals surface area contributed by atoms with Gasteiger partial charge >= 0.3 is 0 Å². The number of hydrogen-bond donors (Lipinski definition) is 1. The molecule has 0 saturated carbocycles. The van der Waals surface area contributed by atoms with E-state index in [-0.39, 0.29) is 11.4 Å². The first-order valence-corrected chi connectivity index (χ1v) is 6.28. The van der Waals surface area contributed by atoms with Crippen molar-refractivity contribution in [2.24, 2.45) is 5.73 Å². The van der Waals surface area contributed by atoms with Crippen LogP contribution in [0.15, 0.2) is 30.6 Å². The van der Waals surface area contributed by atoms with Crippen molar-refractivity contribution < 1.29 is 9.18 Å². The van der Waals surface area contributed by atoms with Crippen molar-refractivity contribution in [2.45, 2.75) is 13.0 Å². The number of primary amides is 1. The summed E-state index contributed by atoms with van der Waals surface area (Å²) < 4.78 is 14.0. The molecule has 0 saturated heterocycles. The molecule has 0 atom stereocenters. The Balaban J connectivity index is 1.90. The number of aromatic nitrogens is 2. The smallest absolute Gasteiger partial charge is 0.250 e. The minimum Gasteiger partial charge on any atom is -0.366 e. The Morgan fingerprint density at radius 3 is 3.00 bits per heavy atom. The summed E-state index contributed by atoms with van der Waals surface area (Å²) >= 11 is 0. The maximum absolute atomic E-state index is 14.0. The molecule has 1 aliphatic rings. The van der Waals surface area contributed by atoms with Crippen molar-refractivity contribution in [3.05, 3.63) is 53.2 Å². The molecule has 6 heteroatoms. The molecule has 0 bridgehead atoms. The number of rotatable bonds is 2. The number of anilines is 1. The lowest BCUT2D eigenvalue weighted by Crippen LogP contribution is -2.32. The van der Waals surface area contributed by atoms with Gasteiger partial charge in [-0.25, -0.2) is 9.37 Å². The zero-order valence-electron chi connectivity index (χ0n) is 10.7. The molecule has 0 radical (unpaired) electrons. The topological polar surface area (TPSA) is 72.1 Å². The van der Waals surface area contributed by atoms with Crippen LogP contribution in [0.5, 0.6) is 0 Å². The Labute approximate surface area is 115 Å². The molecule has 3 heterocycles. The van der Waals surface area contributed by atoms with E-state index >= 15 is 0 Å². The molecule has 1 aliphatic heterocycles. The fourth-order valence-electron chi connectivity index (χ4n) is 2.34. The van der Waals surface area contributed by atoms with Crippen LogP contribution in [0, 0.1) is 5.82 Å². The lowest BCUT2D eigenvalue weighted by atomic mass is 10.1. The SMILES string of the molecule is NC(=O)c1cnc(N2CCc3ncccc3C2)c(F)c1. The fraction of sp³-hybridized carbons (Fsp3) is 0.214. The van der Waals surface area contributed by atoms with Gasteiger partial charge in [0.2, 0.25) is 5.91 Å². The third kappa shape index (κ3) is 2.20. The van der Waals surface area contributed by atoms with Gasteiger partial charge in [-0.3, -0.25) is 9.78 Å². The van der Waals surface area contributed by atoms with E-state index in [1.807, 2.05) is 17.0 Å². The summed E-state index contributed by atoms with van der Waals surface area (Å²) in [5, 5.41) is 0. The van der Waals surface area contributed by atoms with Crippen molar-refractivity contribution >= 4 is 11.7 Å². The molecule has 5 nitrogen and oxygen atoms in total. The van der Waals surface area contributed by atoms with E-state index in [1.165, 1.54) is 6.20 Å². The highest BCUT2D eigenvalue weighted by atomic mass is 19.1. The number of carbonyl (C=O) groups is 1. The lowest BCUT2D eigenvalue weighted by Gasteiger charge is -2.29. The standard InChI is InChI=1S/C14H13FN4O/c15-11-6-10(13(16)20)7-18-14(11)19-5-3-12-9(8-19)2-1-4-17-12/h1-2,4,6-7H,3,5,8H2,(H2,16,20). The number of nitrogens with two attached hydrogens (primary N) is 1. The quantitative estimate of drug-likeness (QED) is 0.893. The second-order valence-corrected chi connectivity index (χ2v) is 4.67. The molecular weight excluding hydrogens is 259 g/mol. The first-order chi connectivity index (χ1) is 9.65. The van der Waals surface area contributed by atoms with Crippen LogP contribution in [-0.2, 0) is 13.0 Å². The average molecular weight is 272 g/mol. The molecule has 0 fully saturated rings. The van der Waals surface area contributed by atoms with E-state index in [1.54, 1.807) is 6.20 Å². The number of fused-ring (bicyclic) bond motifs is 1. The van der Waals surface area contributed by atoms with Crippen molar-refractivity contribution in [2.75, 3.05) is 11.4 Å². The second kappa shape index (κ2) is 4.88. The van der Waals surface area contributed by atoms with E-state index < -0.39 is 11.7 Å². The van der Waals surface area contributed by atoms with Crippen LogP contribution in [0.2, 0.25) is 0 Å². The zero-order valence-corrected chi connectivity index (χ0v) is 10.7. The Morgan fingerprint density at radius 2 is 2.25 bits per heavy atom. The van der Waals surface area contributed by atoms with Crippen LogP contribution >= 0.6 is 0 Å². The van der Waals surface area contributed by atoms with Gasteiger partial charge in [-0.1, -0.05) is 6.07 Å². The number of nitrogens with zero attached hydrogens (tertiary/aromatic N) is 3. The van der Waals surface area contributed by atoms with Gasteiger partial charge in [-0.05, 0) is 17.7 Å². The number of halogens is 1. The molecule has 0 spiro atoms. The first kappa shape index (κ1) is 12.5. The maximum atomic E-state index is 14.0. The number of hydrogen-bond acceptors (Lipinski definition) is 4. The molecule has 0 aliphatic carbocycles. The van der Waals surface area contributed by atoms with Gasteiger partial charge in [0.25, 0.3) is 0 Å². The Hall–Kier alpha value is -2.50. The third-order valence-corrected chi connectivity index (χ3v) is 3.37. The summed E-state index contributed by atoms with van der Waals surface area (Å²) in [6, 6.07) is 4.97. The van der Waals surface area contributed by atoms with Gasteiger partial charge in [0.05, 0.1) is 5.56 Å². The maximum Gasteiger partial charge on any atom is 0.250 e. The van der Waals surface area contributed by atoms with Crippen molar-refractivity contribution in [1.29, 1.82) is 0 Å². The molecule has 0 unspecified atom stereocenters. The van der Waals surface area contributed by atoms with E-state index in [9.17, 15) is 9.18 Å². The zero-order chi connectivity index (χ0) is 14.1. The van der Waals surface area contributed by atoms with Crippen LogP contribution in [-0.4, -0.2) is 22.4 Å². The predicted molar refractivity (Wildman–Crippen MR) is 71.7 cm³/mol. The minimum absolute atomic E-state index is 0.0744. The summed E-state index contributed by atoms with van der Waals surface area (Å²) in [7, 11) is 0. The van der Waals surface area contributed by atoms with Gasteiger partial charge in [-0.15, -0.1) is 0 Å². The van der Waals surface area contributed by atoms with Gasteiger partial charge in [0, 0.05) is 37.6 Å². The molecule has 1 amide bonds. The number of carbonyl (C=O) groups excluding carboxylic acids is 1.